The number of aromatic nitrogens is 1. The number of aliphatic imine (C=N–C) groups is 1. The second kappa shape index (κ2) is 10.4. The average Bonchev–Trinajstić information content (AvgIpc) is 3.43. The minimum atomic E-state index is -0.0522. The SMILES string of the molecule is Cc1c(SN2CCN=C(/C=C\N)C2)cc(C(=O)NCc2ccccc2C2CCCN2)n1C. The van der Waals surface area contributed by atoms with E-state index in [-0.39, 0.29) is 5.91 Å². The molecule has 170 valence electrons. The van der Waals surface area contributed by atoms with Crippen LogP contribution in [0.25, 0.3) is 0 Å². The number of hydrogen-bond donors (Lipinski definition) is 3. The predicted molar refractivity (Wildman–Crippen MR) is 131 cm³/mol. The van der Waals surface area contributed by atoms with E-state index in [9.17, 15) is 4.79 Å². The van der Waals surface area contributed by atoms with E-state index in [4.69, 9.17) is 5.73 Å². The molecule has 1 atom stereocenters. The summed E-state index contributed by atoms with van der Waals surface area (Å²) in [7, 11) is 1.95. The van der Waals surface area contributed by atoms with E-state index in [0.717, 1.165) is 48.9 Å². The zero-order valence-electron chi connectivity index (χ0n) is 18.8. The lowest BCUT2D eigenvalue weighted by molar-refractivity contribution is 0.0942. The number of rotatable bonds is 7. The standard InChI is InChI=1S/C24H32N6OS/c1-17-23(32-30-13-12-26-19(16-30)9-10-25)14-22(29(17)2)24(31)28-15-18-6-3-4-7-20(18)21-8-5-11-27-21/h3-4,6-7,9-10,14,21,27H,5,8,11-13,15-16,25H2,1-2H3,(H,28,31)/b10-9-. The zero-order valence-corrected chi connectivity index (χ0v) is 19.6. The molecule has 0 bridgehead atoms. The van der Waals surface area contributed by atoms with Gasteiger partial charge in [-0.05, 0) is 67.7 Å². The number of nitrogens with one attached hydrogen (secondary N) is 2. The molecule has 8 heteroatoms. The maximum Gasteiger partial charge on any atom is 0.268 e. The van der Waals surface area contributed by atoms with Crippen molar-refractivity contribution in [1.29, 1.82) is 0 Å². The Labute approximate surface area is 194 Å². The van der Waals surface area contributed by atoms with Crippen LogP contribution in [0.2, 0.25) is 0 Å². The van der Waals surface area contributed by atoms with E-state index in [1.165, 1.54) is 23.7 Å². The monoisotopic (exact) mass is 452 g/mol. The number of amides is 1. The summed E-state index contributed by atoms with van der Waals surface area (Å²) in [6.07, 6.45) is 5.72. The van der Waals surface area contributed by atoms with Crippen molar-refractivity contribution in [3.63, 3.8) is 0 Å². The molecule has 0 saturated carbocycles. The van der Waals surface area contributed by atoms with Crippen molar-refractivity contribution < 1.29 is 4.79 Å². The highest BCUT2D eigenvalue weighted by Gasteiger charge is 2.22. The lowest BCUT2D eigenvalue weighted by Gasteiger charge is -2.24. The fourth-order valence-corrected chi connectivity index (χ4v) is 5.36. The van der Waals surface area contributed by atoms with Crippen LogP contribution in [0, 0.1) is 6.92 Å². The maximum absolute atomic E-state index is 13.1. The van der Waals surface area contributed by atoms with Gasteiger partial charge in [0.1, 0.15) is 5.69 Å². The second-order valence-electron chi connectivity index (χ2n) is 8.26. The molecule has 7 nitrogen and oxygen atoms in total. The van der Waals surface area contributed by atoms with E-state index < -0.39 is 0 Å². The lowest BCUT2D eigenvalue weighted by Crippen LogP contribution is -2.30. The molecule has 1 amide bonds. The van der Waals surface area contributed by atoms with E-state index in [1.807, 2.05) is 29.8 Å². The topological polar surface area (TPSA) is 87.7 Å². The molecule has 1 fully saturated rings. The molecular weight excluding hydrogens is 420 g/mol. The molecule has 0 radical (unpaired) electrons. The van der Waals surface area contributed by atoms with E-state index in [2.05, 4.69) is 45.1 Å². The van der Waals surface area contributed by atoms with Crippen molar-refractivity contribution in [1.82, 2.24) is 19.5 Å². The highest BCUT2D eigenvalue weighted by molar-refractivity contribution is 7.97. The van der Waals surface area contributed by atoms with Gasteiger partial charge in [-0.1, -0.05) is 24.3 Å². The Morgan fingerprint density at radius 1 is 1.41 bits per heavy atom. The second-order valence-corrected chi connectivity index (χ2v) is 9.39. The third kappa shape index (κ3) is 5.09. The third-order valence-electron chi connectivity index (χ3n) is 6.17. The highest BCUT2D eigenvalue weighted by Crippen LogP contribution is 2.30. The third-order valence-corrected chi connectivity index (χ3v) is 7.35. The minimum absolute atomic E-state index is 0.0522. The van der Waals surface area contributed by atoms with Crippen LogP contribution in [0.5, 0.6) is 0 Å². The van der Waals surface area contributed by atoms with Crippen molar-refractivity contribution in [3.05, 3.63) is 65.1 Å². The van der Waals surface area contributed by atoms with Crippen molar-refractivity contribution >= 4 is 23.6 Å². The van der Waals surface area contributed by atoms with Gasteiger partial charge in [-0.3, -0.25) is 9.79 Å². The number of carbonyl (C=O) groups is 1. The van der Waals surface area contributed by atoms with Gasteiger partial charge in [-0.25, -0.2) is 4.31 Å². The quantitative estimate of drug-likeness (QED) is 0.562. The van der Waals surface area contributed by atoms with Crippen LogP contribution in [-0.2, 0) is 13.6 Å². The van der Waals surface area contributed by atoms with E-state index >= 15 is 0 Å². The fraction of sp³-hybridized carbons (Fsp3) is 0.417. The Morgan fingerprint density at radius 2 is 2.25 bits per heavy atom. The predicted octanol–water partition coefficient (Wildman–Crippen LogP) is 2.92. The Bertz CT molecular complexity index is 1020. The number of nitrogens with zero attached hydrogens (tertiary/aromatic N) is 3. The Hall–Kier alpha value is -2.55. The van der Waals surface area contributed by atoms with Gasteiger partial charge in [0, 0.05) is 36.8 Å². The smallest absolute Gasteiger partial charge is 0.268 e. The molecule has 1 saturated heterocycles. The van der Waals surface area contributed by atoms with Crippen LogP contribution in [-0.4, -0.2) is 46.7 Å². The van der Waals surface area contributed by atoms with Gasteiger partial charge >= 0.3 is 0 Å². The lowest BCUT2D eigenvalue weighted by atomic mass is 9.99. The molecule has 32 heavy (non-hydrogen) atoms. The molecule has 2 aliphatic rings. The first-order valence-electron chi connectivity index (χ1n) is 11.2. The molecule has 1 unspecified atom stereocenters. The Kier molecular flexibility index (Phi) is 7.34. The Morgan fingerprint density at radius 3 is 3.03 bits per heavy atom. The van der Waals surface area contributed by atoms with Crippen LogP contribution in [0.1, 0.15) is 46.2 Å². The largest absolute Gasteiger partial charge is 0.405 e. The van der Waals surface area contributed by atoms with Gasteiger partial charge in [0.15, 0.2) is 0 Å². The van der Waals surface area contributed by atoms with Crippen molar-refractivity contribution in [2.45, 2.75) is 37.2 Å². The summed E-state index contributed by atoms with van der Waals surface area (Å²) in [4.78, 5) is 18.6. The van der Waals surface area contributed by atoms with Crippen LogP contribution in [0.15, 0.2) is 52.5 Å². The van der Waals surface area contributed by atoms with Gasteiger partial charge in [0.2, 0.25) is 0 Å². The van der Waals surface area contributed by atoms with Gasteiger partial charge in [-0.2, -0.15) is 0 Å². The summed E-state index contributed by atoms with van der Waals surface area (Å²) >= 11 is 1.68. The molecule has 1 aromatic carbocycles. The first-order valence-corrected chi connectivity index (χ1v) is 11.9. The molecule has 2 aliphatic heterocycles. The summed E-state index contributed by atoms with van der Waals surface area (Å²) < 4.78 is 4.23. The summed E-state index contributed by atoms with van der Waals surface area (Å²) in [6, 6.07) is 10.8. The number of benzene rings is 1. The summed E-state index contributed by atoms with van der Waals surface area (Å²) in [5.41, 5.74) is 10.7. The van der Waals surface area contributed by atoms with Crippen LogP contribution in [0.3, 0.4) is 0 Å². The van der Waals surface area contributed by atoms with Crippen molar-refractivity contribution in [2.24, 2.45) is 17.8 Å². The van der Waals surface area contributed by atoms with Gasteiger partial charge < -0.3 is 20.9 Å². The molecule has 0 spiro atoms. The molecule has 1 aromatic heterocycles. The van der Waals surface area contributed by atoms with Gasteiger partial charge in [0.25, 0.3) is 5.91 Å². The first kappa shape index (κ1) is 22.6. The van der Waals surface area contributed by atoms with Gasteiger partial charge in [0.05, 0.1) is 18.8 Å². The number of hydrogen-bond acceptors (Lipinski definition) is 6. The molecule has 0 aliphatic carbocycles. The zero-order chi connectivity index (χ0) is 22.5. The van der Waals surface area contributed by atoms with Crippen molar-refractivity contribution in [3.8, 4) is 0 Å². The maximum atomic E-state index is 13.1. The van der Waals surface area contributed by atoms with E-state index in [1.54, 1.807) is 11.9 Å². The minimum Gasteiger partial charge on any atom is -0.405 e. The van der Waals surface area contributed by atoms with Crippen molar-refractivity contribution in [2.75, 3.05) is 26.2 Å². The van der Waals surface area contributed by atoms with E-state index in [0.29, 0.717) is 18.3 Å². The number of nitrogens with two attached hydrogens (primary N) is 1. The van der Waals surface area contributed by atoms with Crippen LogP contribution < -0.4 is 16.4 Å². The highest BCUT2D eigenvalue weighted by atomic mass is 32.2. The van der Waals surface area contributed by atoms with Crippen LogP contribution >= 0.6 is 11.9 Å². The molecular formula is C24H32N6OS. The summed E-state index contributed by atoms with van der Waals surface area (Å²) in [5.74, 6) is -0.0522. The Balaban J connectivity index is 1.42. The molecule has 4 N–H and O–H groups in total. The summed E-state index contributed by atoms with van der Waals surface area (Å²) in [5, 5.41) is 6.69. The van der Waals surface area contributed by atoms with Crippen LogP contribution in [0.4, 0.5) is 0 Å². The number of carbonyl (C=O) groups excluding carboxylic acids is 1. The van der Waals surface area contributed by atoms with Gasteiger partial charge in [-0.15, -0.1) is 0 Å². The first-order chi connectivity index (χ1) is 15.6. The normalized spacial score (nSPS) is 19.4. The molecule has 4 rings (SSSR count). The molecule has 2 aromatic rings. The average molecular weight is 453 g/mol. The fourth-order valence-electron chi connectivity index (χ4n) is 4.28. The summed E-state index contributed by atoms with van der Waals surface area (Å²) in [6.45, 7) is 5.99. The molecule has 3 heterocycles.